The molecule has 1 aromatic heterocycles. The molecule has 0 spiro atoms. The number of nitrogens with zero attached hydrogens (tertiary/aromatic N) is 4. The zero-order valence-corrected chi connectivity index (χ0v) is 14.0. The van der Waals surface area contributed by atoms with E-state index in [0.29, 0.717) is 19.0 Å². The van der Waals surface area contributed by atoms with Gasteiger partial charge in [0.2, 0.25) is 0 Å². The largest absolute Gasteiger partial charge is 0.367 e. The average molecular weight is 326 g/mol. The van der Waals surface area contributed by atoms with Gasteiger partial charge in [-0.05, 0) is 31.7 Å². The zero-order chi connectivity index (χ0) is 15.9. The van der Waals surface area contributed by atoms with Gasteiger partial charge >= 0.3 is 0 Å². The monoisotopic (exact) mass is 326 g/mol. The molecule has 0 amide bonds. The second kappa shape index (κ2) is 5.84. The van der Waals surface area contributed by atoms with Crippen molar-refractivity contribution in [3.05, 3.63) is 23.8 Å². The van der Waals surface area contributed by atoms with Crippen molar-refractivity contribution >= 4 is 10.2 Å². The standard InChI is InChI=1S/C14H22N4O3S/c1-10-15-6-4-12(16-10)13-8-11-5-7-18(9-14(11)21-13)22(19,20)17(2)3/h4,6,11,13-14H,5,7-9H2,1-3H3/t11-,13+,14+/m0/s1. The predicted molar refractivity (Wildman–Crippen MR) is 81.3 cm³/mol. The van der Waals surface area contributed by atoms with Gasteiger partial charge < -0.3 is 4.74 Å². The molecule has 0 unspecified atom stereocenters. The maximum atomic E-state index is 12.2. The quantitative estimate of drug-likeness (QED) is 0.819. The highest BCUT2D eigenvalue weighted by molar-refractivity contribution is 7.86. The average Bonchev–Trinajstić information content (AvgIpc) is 2.90. The Morgan fingerprint density at radius 3 is 2.86 bits per heavy atom. The second-order valence-corrected chi connectivity index (χ2v) is 8.27. The van der Waals surface area contributed by atoms with Crippen molar-refractivity contribution in [1.82, 2.24) is 18.6 Å². The minimum atomic E-state index is -3.37. The number of hydrogen-bond donors (Lipinski definition) is 0. The third-order valence-corrected chi connectivity index (χ3v) is 6.34. The van der Waals surface area contributed by atoms with Gasteiger partial charge in [0.25, 0.3) is 10.2 Å². The summed E-state index contributed by atoms with van der Waals surface area (Å²) in [7, 11) is -0.249. The van der Waals surface area contributed by atoms with Crippen LogP contribution in [0, 0.1) is 12.8 Å². The smallest absolute Gasteiger partial charge is 0.281 e. The molecule has 3 atom stereocenters. The minimum Gasteiger partial charge on any atom is -0.367 e. The summed E-state index contributed by atoms with van der Waals surface area (Å²) in [5.74, 6) is 1.13. The van der Waals surface area contributed by atoms with E-state index < -0.39 is 10.2 Å². The Balaban J connectivity index is 1.72. The minimum absolute atomic E-state index is 0.0521. The number of aromatic nitrogens is 2. The molecule has 2 saturated heterocycles. The molecule has 0 radical (unpaired) electrons. The fourth-order valence-electron chi connectivity index (χ4n) is 3.19. The van der Waals surface area contributed by atoms with E-state index in [0.717, 1.165) is 24.4 Å². The van der Waals surface area contributed by atoms with Crippen molar-refractivity contribution in [1.29, 1.82) is 0 Å². The molecule has 1 aromatic rings. The van der Waals surface area contributed by atoms with Gasteiger partial charge in [0.1, 0.15) is 11.9 Å². The van der Waals surface area contributed by atoms with Gasteiger partial charge in [-0.1, -0.05) is 0 Å². The summed E-state index contributed by atoms with van der Waals surface area (Å²) in [6, 6.07) is 1.88. The number of ether oxygens (including phenoxy) is 1. The molecule has 2 aliphatic rings. The van der Waals surface area contributed by atoms with Crippen LogP contribution < -0.4 is 0 Å². The molecule has 0 saturated carbocycles. The topological polar surface area (TPSA) is 75.6 Å². The number of rotatable bonds is 3. The summed E-state index contributed by atoms with van der Waals surface area (Å²) in [6.07, 6.45) is 3.36. The van der Waals surface area contributed by atoms with Gasteiger partial charge in [0.05, 0.1) is 11.8 Å². The Kier molecular flexibility index (Phi) is 4.19. The summed E-state index contributed by atoms with van der Waals surface area (Å²) in [4.78, 5) is 8.54. The van der Waals surface area contributed by atoms with Crippen LogP contribution in [0.1, 0.15) is 30.5 Å². The van der Waals surface area contributed by atoms with Crippen molar-refractivity contribution < 1.29 is 13.2 Å². The number of hydrogen-bond acceptors (Lipinski definition) is 5. The Morgan fingerprint density at radius 2 is 2.18 bits per heavy atom. The van der Waals surface area contributed by atoms with Crippen molar-refractivity contribution in [2.75, 3.05) is 27.2 Å². The van der Waals surface area contributed by atoms with Gasteiger partial charge in [-0.3, -0.25) is 0 Å². The summed E-state index contributed by atoms with van der Waals surface area (Å²) in [5, 5.41) is 0. The lowest BCUT2D eigenvalue weighted by molar-refractivity contribution is 0.00777. The van der Waals surface area contributed by atoms with Crippen LogP contribution in [0.25, 0.3) is 0 Å². The molecule has 3 rings (SSSR count). The molecule has 22 heavy (non-hydrogen) atoms. The van der Waals surface area contributed by atoms with Crippen molar-refractivity contribution in [2.24, 2.45) is 5.92 Å². The lowest BCUT2D eigenvalue weighted by Crippen LogP contribution is -2.49. The van der Waals surface area contributed by atoms with Crippen LogP contribution in [-0.4, -0.2) is 60.3 Å². The highest BCUT2D eigenvalue weighted by Gasteiger charge is 2.43. The molecule has 8 heteroatoms. The first-order valence-corrected chi connectivity index (χ1v) is 8.90. The van der Waals surface area contributed by atoms with Gasteiger partial charge in [-0.25, -0.2) is 9.97 Å². The third kappa shape index (κ3) is 2.88. The van der Waals surface area contributed by atoms with E-state index in [4.69, 9.17) is 4.74 Å². The number of piperidine rings is 1. The fourth-order valence-corrected chi connectivity index (χ4v) is 4.32. The SMILES string of the molecule is Cc1nccc([C@H]2C[C@@H]3CCN(S(=O)(=O)N(C)C)C[C@H]3O2)n1. The second-order valence-electron chi connectivity index (χ2n) is 6.12. The van der Waals surface area contributed by atoms with Gasteiger partial charge in [0, 0.05) is 33.4 Å². The molecule has 122 valence electrons. The van der Waals surface area contributed by atoms with Crippen LogP contribution in [-0.2, 0) is 14.9 Å². The van der Waals surface area contributed by atoms with Gasteiger partial charge in [-0.2, -0.15) is 17.0 Å². The molecular weight excluding hydrogens is 304 g/mol. The molecular formula is C14H22N4O3S. The summed E-state index contributed by atoms with van der Waals surface area (Å²) >= 11 is 0. The molecule has 2 aliphatic heterocycles. The molecule has 7 nitrogen and oxygen atoms in total. The first-order chi connectivity index (χ1) is 10.4. The Bertz CT molecular complexity index is 649. The van der Waals surface area contributed by atoms with E-state index in [-0.39, 0.29) is 12.2 Å². The van der Waals surface area contributed by atoms with E-state index in [2.05, 4.69) is 9.97 Å². The summed E-state index contributed by atoms with van der Waals surface area (Å²) in [5.41, 5.74) is 0.893. The normalized spacial score (nSPS) is 29.7. The van der Waals surface area contributed by atoms with E-state index in [1.54, 1.807) is 20.3 Å². The highest BCUT2D eigenvalue weighted by Crippen LogP contribution is 2.40. The van der Waals surface area contributed by atoms with Crippen molar-refractivity contribution in [3.8, 4) is 0 Å². The van der Waals surface area contributed by atoms with Crippen molar-refractivity contribution in [2.45, 2.75) is 32.0 Å². The van der Waals surface area contributed by atoms with E-state index in [1.807, 2.05) is 13.0 Å². The van der Waals surface area contributed by atoms with Crippen LogP contribution in [0.4, 0.5) is 0 Å². The van der Waals surface area contributed by atoms with Gasteiger partial charge in [-0.15, -0.1) is 0 Å². The third-order valence-electron chi connectivity index (χ3n) is 4.43. The Morgan fingerprint density at radius 1 is 1.41 bits per heavy atom. The molecule has 0 aromatic carbocycles. The fraction of sp³-hybridized carbons (Fsp3) is 0.714. The molecule has 3 heterocycles. The van der Waals surface area contributed by atoms with Crippen LogP contribution in [0.3, 0.4) is 0 Å². The predicted octanol–water partition coefficient (Wildman–Crippen LogP) is 0.743. The zero-order valence-electron chi connectivity index (χ0n) is 13.1. The van der Waals surface area contributed by atoms with Crippen LogP contribution in [0.5, 0.6) is 0 Å². The lowest BCUT2D eigenvalue weighted by atomic mass is 9.92. The maximum Gasteiger partial charge on any atom is 0.281 e. The Labute approximate surface area is 131 Å². The highest BCUT2D eigenvalue weighted by atomic mass is 32.2. The molecule has 2 fully saturated rings. The van der Waals surface area contributed by atoms with Gasteiger partial charge in [0.15, 0.2) is 0 Å². The Hall–Kier alpha value is -1.09. The number of fused-ring (bicyclic) bond motifs is 1. The molecule has 0 N–H and O–H groups in total. The molecule has 0 aliphatic carbocycles. The first-order valence-electron chi connectivity index (χ1n) is 7.50. The maximum absolute atomic E-state index is 12.2. The summed E-state index contributed by atoms with van der Waals surface area (Å²) < 4.78 is 33.4. The number of aryl methyl sites for hydroxylation is 1. The van der Waals surface area contributed by atoms with Crippen molar-refractivity contribution in [3.63, 3.8) is 0 Å². The van der Waals surface area contributed by atoms with E-state index >= 15 is 0 Å². The van der Waals surface area contributed by atoms with E-state index in [1.165, 1.54) is 8.61 Å². The van der Waals surface area contributed by atoms with E-state index in [9.17, 15) is 8.42 Å². The van der Waals surface area contributed by atoms with Crippen LogP contribution in [0.2, 0.25) is 0 Å². The molecule has 0 bridgehead atoms. The lowest BCUT2D eigenvalue weighted by Gasteiger charge is -2.34. The van der Waals surface area contributed by atoms with Crippen LogP contribution >= 0.6 is 0 Å². The van der Waals surface area contributed by atoms with Crippen LogP contribution in [0.15, 0.2) is 12.3 Å². The summed E-state index contributed by atoms with van der Waals surface area (Å²) in [6.45, 7) is 2.84. The first kappa shape index (κ1) is 15.8.